The minimum absolute atomic E-state index is 0.0983. The zero-order valence-corrected chi connectivity index (χ0v) is 16.6. The number of benzene rings is 2. The fourth-order valence-electron chi connectivity index (χ4n) is 2.25. The average molecular weight is 451 g/mol. The monoisotopic (exact) mass is 450 g/mol. The molecule has 1 heterocycles. The smallest absolute Gasteiger partial charge is 0.337 e. The van der Waals surface area contributed by atoms with Gasteiger partial charge in [-0.3, -0.25) is 10.2 Å². The number of nitrogens with one attached hydrogen (secondary N) is 3. The molecule has 0 aliphatic carbocycles. The SMILES string of the molecule is Nc1nc(C(=O)NNC(=O)Nc2ccc(Cl)cc2)nn1-c1ccc(S(N)(=O)=O)cc1. The highest BCUT2D eigenvalue weighted by Crippen LogP contribution is 2.15. The van der Waals surface area contributed by atoms with Crippen molar-refractivity contribution in [2.75, 3.05) is 11.1 Å². The summed E-state index contributed by atoms with van der Waals surface area (Å²) in [4.78, 5) is 27.7. The number of hydrogen-bond donors (Lipinski definition) is 5. The number of carbonyl (C=O) groups excluding carboxylic acids is 2. The predicted octanol–water partition coefficient (Wildman–Crippen LogP) is 0.617. The molecule has 3 amide bonds. The molecular formula is C16H15ClN8O4S. The molecule has 0 fully saturated rings. The molecule has 0 saturated carbocycles. The first kappa shape index (κ1) is 21.0. The molecule has 1 aromatic heterocycles. The number of rotatable bonds is 4. The van der Waals surface area contributed by atoms with E-state index < -0.39 is 22.0 Å². The van der Waals surface area contributed by atoms with E-state index in [2.05, 4.69) is 26.3 Å². The molecule has 0 spiro atoms. The standard InChI is InChI=1S/C16H15ClN8O4S/c17-9-1-3-10(4-2-9)20-16(27)23-22-14(26)13-21-15(18)25(24-13)11-5-7-12(8-6-11)30(19,28)29/h1-8H,(H,22,26)(H2,18,21,24)(H2,19,28,29)(H2,20,23,27). The Bertz CT molecular complexity index is 1190. The van der Waals surface area contributed by atoms with Gasteiger partial charge in [0.25, 0.3) is 0 Å². The first-order valence-electron chi connectivity index (χ1n) is 8.12. The van der Waals surface area contributed by atoms with Gasteiger partial charge < -0.3 is 11.1 Å². The van der Waals surface area contributed by atoms with Gasteiger partial charge in [-0.2, -0.15) is 9.67 Å². The third kappa shape index (κ3) is 5.02. The Labute approximate surface area is 175 Å². The van der Waals surface area contributed by atoms with Gasteiger partial charge in [-0.15, -0.1) is 5.10 Å². The summed E-state index contributed by atoms with van der Waals surface area (Å²) in [6.07, 6.45) is 0. The maximum Gasteiger partial charge on any atom is 0.337 e. The lowest BCUT2D eigenvalue weighted by Crippen LogP contribution is -2.44. The maximum atomic E-state index is 12.2. The Balaban J connectivity index is 1.64. The second kappa shape index (κ2) is 8.36. The summed E-state index contributed by atoms with van der Waals surface area (Å²) in [7, 11) is -3.85. The molecule has 12 nitrogen and oxygen atoms in total. The van der Waals surface area contributed by atoms with E-state index in [0.717, 1.165) is 4.68 Å². The Morgan fingerprint density at radius 2 is 1.63 bits per heavy atom. The Morgan fingerprint density at radius 3 is 2.23 bits per heavy atom. The van der Waals surface area contributed by atoms with Crippen molar-refractivity contribution in [3.63, 3.8) is 0 Å². The topological polar surface area (TPSA) is 187 Å². The van der Waals surface area contributed by atoms with Gasteiger partial charge >= 0.3 is 11.9 Å². The fourth-order valence-corrected chi connectivity index (χ4v) is 2.89. The molecular weight excluding hydrogens is 436 g/mol. The normalized spacial score (nSPS) is 11.0. The van der Waals surface area contributed by atoms with E-state index >= 15 is 0 Å². The Morgan fingerprint density at radius 1 is 1.00 bits per heavy atom. The molecule has 0 atom stereocenters. The minimum atomic E-state index is -3.85. The van der Waals surface area contributed by atoms with Crippen LogP contribution in [0.1, 0.15) is 10.6 Å². The van der Waals surface area contributed by atoms with Gasteiger partial charge in [-0.05, 0) is 48.5 Å². The summed E-state index contributed by atoms with van der Waals surface area (Å²) in [5.41, 5.74) is 10.8. The van der Waals surface area contributed by atoms with E-state index in [9.17, 15) is 18.0 Å². The van der Waals surface area contributed by atoms with Crippen LogP contribution >= 0.6 is 11.6 Å². The molecule has 3 aromatic rings. The summed E-state index contributed by atoms with van der Waals surface area (Å²) in [5, 5.41) is 12.0. The van der Waals surface area contributed by atoms with Gasteiger partial charge in [0.15, 0.2) is 0 Å². The Hall–Kier alpha value is -3.68. The van der Waals surface area contributed by atoms with Crippen LogP contribution in [-0.4, -0.2) is 35.1 Å². The number of anilines is 2. The van der Waals surface area contributed by atoms with Crippen LogP contribution in [0, 0.1) is 0 Å². The van der Waals surface area contributed by atoms with Crippen LogP contribution in [0.4, 0.5) is 16.4 Å². The second-order valence-electron chi connectivity index (χ2n) is 5.78. The quantitative estimate of drug-likeness (QED) is 0.360. The van der Waals surface area contributed by atoms with Crippen LogP contribution in [0.3, 0.4) is 0 Å². The molecule has 0 unspecified atom stereocenters. The molecule has 0 bridgehead atoms. The third-order valence-electron chi connectivity index (χ3n) is 3.64. The number of sulfonamides is 1. The van der Waals surface area contributed by atoms with E-state index in [1.165, 1.54) is 24.3 Å². The number of nitrogens with two attached hydrogens (primary N) is 2. The lowest BCUT2D eigenvalue weighted by molar-refractivity contribution is 0.0927. The first-order valence-corrected chi connectivity index (χ1v) is 10.0. The number of urea groups is 1. The van der Waals surface area contributed by atoms with Crippen molar-refractivity contribution in [2.45, 2.75) is 4.90 Å². The Kier molecular flexibility index (Phi) is 5.86. The summed E-state index contributed by atoms with van der Waals surface area (Å²) in [5.74, 6) is -1.28. The molecule has 14 heteroatoms. The van der Waals surface area contributed by atoms with E-state index in [-0.39, 0.29) is 16.7 Å². The second-order valence-corrected chi connectivity index (χ2v) is 7.78. The number of primary sulfonamides is 1. The van der Waals surface area contributed by atoms with Crippen molar-refractivity contribution in [3.8, 4) is 5.69 Å². The van der Waals surface area contributed by atoms with Crippen molar-refractivity contribution in [1.82, 2.24) is 25.6 Å². The lowest BCUT2D eigenvalue weighted by atomic mass is 10.3. The lowest BCUT2D eigenvalue weighted by Gasteiger charge is -2.07. The number of hydrogen-bond acceptors (Lipinski definition) is 7. The van der Waals surface area contributed by atoms with Crippen molar-refractivity contribution >= 4 is 45.2 Å². The summed E-state index contributed by atoms with van der Waals surface area (Å²) in [6.45, 7) is 0. The van der Waals surface area contributed by atoms with Crippen molar-refractivity contribution in [2.24, 2.45) is 5.14 Å². The molecule has 2 aromatic carbocycles. The van der Waals surface area contributed by atoms with Gasteiger partial charge in [0, 0.05) is 10.7 Å². The highest BCUT2D eigenvalue weighted by molar-refractivity contribution is 7.89. The van der Waals surface area contributed by atoms with Crippen molar-refractivity contribution in [3.05, 3.63) is 59.4 Å². The molecule has 3 rings (SSSR count). The minimum Gasteiger partial charge on any atom is -0.368 e. The van der Waals surface area contributed by atoms with Crippen LogP contribution < -0.4 is 27.0 Å². The average Bonchev–Trinajstić information content (AvgIpc) is 3.09. The largest absolute Gasteiger partial charge is 0.368 e. The van der Waals surface area contributed by atoms with Crippen LogP contribution in [0.15, 0.2) is 53.4 Å². The number of hydrazine groups is 1. The van der Waals surface area contributed by atoms with Gasteiger partial charge in [0.2, 0.25) is 21.8 Å². The van der Waals surface area contributed by atoms with Crippen molar-refractivity contribution in [1.29, 1.82) is 0 Å². The zero-order chi connectivity index (χ0) is 21.9. The van der Waals surface area contributed by atoms with Crippen LogP contribution in [0.5, 0.6) is 0 Å². The molecule has 0 aliphatic heterocycles. The predicted molar refractivity (Wildman–Crippen MR) is 108 cm³/mol. The number of halogens is 1. The highest BCUT2D eigenvalue weighted by Gasteiger charge is 2.17. The summed E-state index contributed by atoms with van der Waals surface area (Å²) < 4.78 is 23.8. The first-order chi connectivity index (χ1) is 14.1. The molecule has 0 aliphatic rings. The summed E-state index contributed by atoms with van der Waals surface area (Å²) in [6, 6.07) is 10.9. The fraction of sp³-hybridized carbons (Fsp3) is 0. The number of carbonyl (C=O) groups is 2. The molecule has 156 valence electrons. The van der Waals surface area contributed by atoms with E-state index in [4.69, 9.17) is 22.5 Å². The number of nitrogen functional groups attached to an aromatic ring is 1. The van der Waals surface area contributed by atoms with Gasteiger partial charge in [-0.25, -0.2) is 23.8 Å². The van der Waals surface area contributed by atoms with Crippen LogP contribution in [-0.2, 0) is 10.0 Å². The number of aromatic nitrogens is 3. The summed E-state index contributed by atoms with van der Waals surface area (Å²) >= 11 is 5.76. The molecule has 0 radical (unpaired) electrons. The molecule has 30 heavy (non-hydrogen) atoms. The number of nitrogens with zero attached hydrogens (tertiary/aromatic N) is 3. The van der Waals surface area contributed by atoms with Gasteiger partial charge in [-0.1, -0.05) is 11.6 Å². The van der Waals surface area contributed by atoms with Crippen LogP contribution in [0.25, 0.3) is 5.69 Å². The van der Waals surface area contributed by atoms with E-state index in [1.807, 2.05) is 0 Å². The molecule has 0 saturated heterocycles. The molecule has 7 N–H and O–H groups in total. The van der Waals surface area contributed by atoms with Crippen molar-refractivity contribution < 1.29 is 18.0 Å². The van der Waals surface area contributed by atoms with Gasteiger partial charge in [0.1, 0.15) is 0 Å². The number of amides is 3. The maximum absolute atomic E-state index is 12.2. The van der Waals surface area contributed by atoms with E-state index in [0.29, 0.717) is 16.4 Å². The van der Waals surface area contributed by atoms with Crippen LogP contribution in [0.2, 0.25) is 5.02 Å². The highest BCUT2D eigenvalue weighted by atomic mass is 35.5. The van der Waals surface area contributed by atoms with E-state index in [1.54, 1.807) is 24.3 Å². The third-order valence-corrected chi connectivity index (χ3v) is 4.82. The van der Waals surface area contributed by atoms with Gasteiger partial charge in [0.05, 0.1) is 10.6 Å². The zero-order valence-electron chi connectivity index (χ0n) is 15.0.